The van der Waals surface area contributed by atoms with E-state index in [0.717, 1.165) is 24.6 Å². The fourth-order valence-electron chi connectivity index (χ4n) is 5.05. The van der Waals surface area contributed by atoms with Crippen molar-refractivity contribution in [3.8, 4) is 11.6 Å². The number of oxazole rings is 1. The van der Waals surface area contributed by atoms with Crippen LogP contribution in [0.25, 0.3) is 17.1 Å². The lowest BCUT2D eigenvalue weighted by atomic mass is 9.98. The number of H-pyrrole nitrogens is 1. The molecule has 38 heavy (non-hydrogen) atoms. The van der Waals surface area contributed by atoms with Crippen LogP contribution in [0.5, 0.6) is 0 Å². The second-order valence-electron chi connectivity index (χ2n) is 9.46. The van der Waals surface area contributed by atoms with Gasteiger partial charge in [0, 0.05) is 37.0 Å². The summed E-state index contributed by atoms with van der Waals surface area (Å²) >= 11 is 0. The molecular formula is C26H20F3N7O2. The molecule has 2 aliphatic rings. The van der Waals surface area contributed by atoms with Gasteiger partial charge in [-0.1, -0.05) is 6.07 Å². The molecule has 1 amide bonds. The SMILES string of the molecule is O=C(c1oc(-c2ccccn2)nc1C1CC1)N1CCc2[nH]cnc2C1c1cc2c(C(F)(F)F)cccn2n1. The zero-order chi connectivity index (χ0) is 26.0. The van der Waals surface area contributed by atoms with Crippen LogP contribution in [0.15, 0.2) is 59.5 Å². The number of alkyl halides is 3. The number of nitrogens with one attached hydrogen (secondary N) is 1. The second kappa shape index (κ2) is 8.27. The van der Waals surface area contributed by atoms with E-state index >= 15 is 0 Å². The largest absolute Gasteiger partial charge is 0.429 e. The van der Waals surface area contributed by atoms with Crippen LogP contribution in [0.1, 0.15) is 63.7 Å². The van der Waals surface area contributed by atoms with Crippen LogP contribution in [-0.2, 0) is 12.6 Å². The maximum atomic E-state index is 14.1. The van der Waals surface area contributed by atoms with E-state index in [9.17, 15) is 18.0 Å². The van der Waals surface area contributed by atoms with Gasteiger partial charge in [0.25, 0.3) is 5.91 Å². The van der Waals surface area contributed by atoms with E-state index in [1.807, 2.05) is 6.07 Å². The number of pyridine rings is 2. The Morgan fingerprint density at radius 3 is 2.74 bits per heavy atom. The second-order valence-corrected chi connectivity index (χ2v) is 9.46. The molecule has 12 heteroatoms. The zero-order valence-electron chi connectivity index (χ0n) is 19.8. The number of hydrogen-bond donors (Lipinski definition) is 1. The molecule has 1 unspecified atom stereocenters. The van der Waals surface area contributed by atoms with E-state index in [1.54, 1.807) is 23.2 Å². The molecule has 7 rings (SSSR count). The quantitative estimate of drug-likeness (QED) is 0.366. The first-order valence-electron chi connectivity index (χ1n) is 12.2. The van der Waals surface area contributed by atoms with Crippen molar-refractivity contribution in [2.24, 2.45) is 0 Å². The molecule has 1 fully saturated rings. The van der Waals surface area contributed by atoms with Gasteiger partial charge in [-0.25, -0.2) is 14.5 Å². The van der Waals surface area contributed by atoms with Gasteiger partial charge in [-0.3, -0.25) is 9.78 Å². The van der Waals surface area contributed by atoms with Crippen molar-refractivity contribution < 1.29 is 22.4 Å². The predicted molar refractivity (Wildman–Crippen MR) is 127 cm³/mol. The first kappa shape index (κ1) is 22.7. The number of amides is 1. The molecule has 1 aliphatic carbocycles. The number of nitrogens with zero attached hydrogens (tertiary/aromatic N) is 6. The fraction of sp³-hybridized carbons (Fsp3) is 0.269. The van der Waals surface area contributed by atoms with Gasteiger partial charge in [-0.15, -0.1) is 0 Å². The zero-order valence-corrected chi connectivity index (χ0v) is 19.8. The van der Waals surface area contributed by atoms with Crippen LogP contribution in [-0.4, -0.2) is 46.9 Å². The highest BCUT2D eigenvalue weighted by molar-refractivity contribution is 5.94. The summed E-state index contributed by atoms with van der Waals surface area (Å²) in [5.74, 6) is 0.0847. The standard InChI is InChI=1S/C26H20F3N7O2/c27-26(28,29)15-4-3-10-36-19(15)12-18(34-36)22-21-16(31-13-32-21)8-11-35(22)25(37)23-20(14-6-7-14)33-24(38-23)17-5-1-2-9-30-17/h1-5,9-10,12-14,22H,6-8,11H2,(H,31,32). The first-order valence-corrected chi connectivity index (χ1v) is 12.2. The van der Waals surface area contributed by atoms with Gasteiger partial charge in [-0.2, -0.15) is 18.3 Å². The van der Waals surface area contributed by atoms with Gasteiger partial charge in [0.2, 0.25) is 11.7 Å². The Bertz CT molecular complexity index is 1670. The molecule has 1 atom stereocenters. The molecule has 0 saturated heterocycles. The van der Waals surface area contributed by atoms with Crippen LogP contribution >= 0.6 is 0 Å². The van der Waals surface area contributed by atoms with Gasteiger partial charge in [0.05, 0.1) is 34.5 Å². The van der Waals surface area contributed by atoms with Crippen molar-refractivity contribution in [1.29, 1.82) is 0 Å². The number of aromatic amines is 1. The van der Waals surface area contributed by atoms with Crippen LogP contribution in [0, 0.1) is 0 Å². The van der Waals surface area contributed by atoms with Crippen molar-refractivity contribution in [3.63, 3.8) is 0 Å². The summed E-state index contributed by atoms with van der Waals surface area (Å²) in [6.07, 6.45) is 2.33. The lowest BCUT2D eigenvalue weighted by Gasteiger charge is -2.33. The molecule has 5 aromatic rings. The minimum Gasteiger partial charge on any atom is -0.429 e. The van der Waals surface area contributed by atoms with E-state index in [0.29, 0.717) is 30.0 Å². The summed E-state index contributed by atoms with van der Waals surface area (Å²) in [4.78, 5) is 32.1. The van der Waals surface area contributed by atoms with E-state index < -0.39 is 23.7 Å². The third-order valence-corrected chi connectivity index (χ3v) is 6.99. The Morgan fingerprint density at radius 1 is 1.11 bits per heavy atom. The monoisotopic (exact) mass is 519 g/mol. The average Bonchev–Trinajstić information content (AvgIpc) is 3.30. The van der Waals surface area contributed by atoms with Crippen LogP contribution in [0.4, 0.5) is 13.2 Å². The number of fused-ring (bicyclic) bond motifs is 2. The van der Waals surface area contributed by atoms with Gasteiger partial charge in [0.1, 0.15) is 11.7 Å². The third-order valence-electron chi connectivity index (χ3n) is 6.99. The molecule has 1 saturated carbocycles. The minimum absolute atomic E-state index is 0.0965. The molecule has 1 aliphatic heterocycles. The number of hydrogen-bond acceptors (Lipinski definition) is 6. The molecule has 9 nitrogen and oxygen atoms in total. The summed E-state index contributed by atoms with van der Waals surface area (Å²) in [7, 11) is 0. The Balaban J connectivity index is 1.34. The van der Waals surface area contributed by atoms with Crippen molar-refractivity contribution in [3.05, 3.63) is 89.2 Å². The summed E-state index contributed by atoms with van der Waals surface area (Å²) < 4.78 is 48.3. The van der Waals surface area contributed by atoms with E-state index in [2.05, 4.69) is 25.0 Å². The van der Waals surface area contributed by atoms with Gasteiger partial charge in [-0.05, 0) is 43.2 Å². The minimum atomic E-state index is -4.56. The highest BCUT2D eigenvalue weighted by Gasteiger charge is 2.42. The van der Waals surface area contributed by atoms with Gasteiger partial charge >= 0.3 is 6.18 Å². The Labute approximate surface area is 213 Å². The number of rotatable bonds is 4. The number of imidazole rings is 1. The summed E-state index contributed by atoms with van der Waals surface area (Å²) in [6.45, 7) is 0.294. The molecule has 6 heterocycles. The topological polar surface area (TPSA) is 105 Å². The van der Waals surface area contributed by atoms with Crippen LogP contribution < -0.4 is 0 Å². The van der Waals surface area contributed by atoms with Crippen LogP contribution in [0.2, 0.25) is 0 Å². The fourth-order valence-corrected chi connectivity index (χ4v) is 5.05. The Kier molecular flexibility index (Phi) is 4.94. The molecule has 0 radical (unpaired) electrons. The van der Waals surface area contributed by atoms with Crippen molar-refractivity contribution in [2.75, 3.05) is 6.54 Å². The van der Waals surface area contributed by atoms with E-state index in [-0.39, 0.29) is 28.8 Å². The highest BCUT2D eigenvalue weighted by Crippen LogP contribution is 2.44. The maximum absolute atomic E-state index is 14.1. The average molecular weight is 519 g/mol. The normalized spacial score (nSPS) is 17.7. The third kappa shape index (κ3) is 3.66. The smallest absolute Gasteiger partial charge is 0.418 e. The molecule has 5 aromatic heterocycles. The van der Waals surface area contributed by atoms with Crippen molar-refractivity contribution in [1.82, 2.24) is 34.4 Å². The summed E-state index contributed by atoms with van der Waals surface area (Å²) in [5, 5.41) is 4.45. The Hall–Kier alpha value is -4.48. The molecule has 0 spiro atoms. The first-order chi connectivity index (χ1) is 18.4. The molecule has 0 aromatic carbocycles. The maximum Gasteiger partial charge on any atom is 0.418 e. The molecule has 192 valence electrons. The number of carbonyl (C=O) groups excluding carboxylic acids is 1. The van der Waals surface area contributed by atoms with E-state index in [1.165, 1.54) is 29.2 Å². The molecular weight excluding hydrogens is 499 g/mol. The van der Waals surface area contributed by atoms with Crippen molar-refractivity contribution >= 4 is 11.4 Å². The van der Waals surface area contributed by atoms with Gasteiger partial charge < -0.3 is 14.3 Å². The van der Waals surface area contributed by atoms with Crippen molar-refractivity contribution in [2.45, 2.75) is 37.4 Å². The molecule has 1 N–H and O–H groups in total. The number of aromatic nitrogens is 6. The molecule has 0 bridgehead atoms. The lowest BCUT2D eigenvalue weighted by Crippen LogP contribution is -2.41. The number of carbonyl (C=O) groups is 1. The summed E-state index contributed by atoms with van der Waals surface area (Å²) in [5.41, 5.74) is 1.82. The van der Waals surface area contributed by atoms with Crippen LogP contribution in [0.3, 0.4) is 0 Å². The summed E-state index contributed by atoms with van der Waals surface area (Å²) in [6, 6.07) is 8.22. The van der Waals surface area contributed by atoms with Gasteiger partial charge in [0.15, 0.2) is 0 Å². The number of halogens is 3. The predicted octanol–water partition coefficient (Wildman–Crippen LogP) is 4.79. The highest BCUT2D eigenvalue weighted by atomic mass is 19.4. The lowest BCUT2D eigenvalue weighted by molar-refractivity contribution is -0.136. The van der Waals surface area contributed by atoms with E-state index in [4.69, 9.17) is 4.42 Å². The Morgan fingerprint density at radius 2 is 1.97 bits per heavy atom.